The fourth-order valence-electron chi connectivity index (χ4n) is 3.15. The Hall–Kier alpha value is -1.73. The Morgan fingerprint density at radius 1 is 1.19 bits per heavy atom. The van der Waals surface area contributed by atoms with Crippen LogP contribution in [0.4, 0.5) is 0 Å². The van der Waals surface area contributed by atoms with Gasteiger partial charge in [-0.2, -0.15) is 0 Å². The highest BCUT2D eigenvalue weighted by atomic mass is 32.2. The van der Waals surface area contributed by atoms with E-state index < -0.39 is 11.0 Å². The predicted octanol–water partition coefficient (Wildman–Crippen LogP) is 4.20. The van der Waals surface area contributed by atoms with Gasteiger partial charge in [-0.25, -0.2) is 18.9 Å². The maximum Gasteiger partial charge on any atom is 0.139 e. The SMILES string of the molecule is C1CCCCC1.CC.Cn1c(CNS(C)=O)nc2cnc3[nH]ccc3c21. The van der Waals surface area contributed by atoms with Gasteiger partial charge in [0.25, 0.3) is 0 Å². The lowest BCUT2D eigenvalue weighted by molar-refractivity contribution is 0.504. The van der Waals surface area contributed by atoms with Crippen molar-refractivity contribution in [1.29, 1.82) is 0 Å². The molecule has 3 aromatic heterocycles. The summed E-state index contributed by atoms with van der Waals surface area (Å²) in [6.45, 7) is 4.47. The van der Waals surface area contributed by atoms with E-state index in [1.54, 1.807) is 12.5 Å². The highest BCUT2D eigenvalue weighted by molar-refractivity contribution is 7.82. The third-order valence-electron chi connectivity index (χ3n) is 4.44. The van der Waals surface area contributed by atoms with Crippen LogP contribution in [0.5, 0.6) is 0 Å². The van der Waals surface area contributed by atoms with Gasteiger partial charge in [-0.05, 0) is 6.07 Å². The van der Waals surface area contributed by atoms with Crippen molar-refractivity contribution in [3.63, 3.8) is 0 Å². The number of hydrogen-bond acceptors (Lipinski definition) is 3. The number of rotatable bonds is 3. The Bertz CT molecular complexity index is 824. The molecule has 4 rings (SSSR count). The average molecular weight is 378 g/mol. The zero-order chi connectivity index (χ0) is 18.9. The number of nitrogens with zero attached hydrogens (tertiary/aromatic N) is 3. The summed E-state index contributed by atoms with van der Waals surface area (Å²) in [5.41, 5.74) is 2.74. The van der Waals surface area contributed by atoms with Crippen LogP contribution in [0.15, 0.2) is 18.5 Å². The van der Waals surface area contributed by atoms with E-state index in [1.807, 2.05) is 37.7 Å². The van der Waals surface area contributed by atoms with Crippen LogP contribution in [0, 0.1) is 0 Å². The topological polar surface area (TPSA) is 75.6 Å². The molecule has 0 spiro atoms. The summed E-state index contributed by atoms with van der Waals surface area (Å²) in [4.78, 5) is 11.9. The van der Waals surface area contributed by atoms with Gasteiger partial charge >= 0.3 is 0 Å². The van der Waals surface area contributed by atoms with Gasteiger partial charge in [-0.3, -0.25) is 0 Å². The van der Waals surface area contributed by atoms with Crippen molar-refractivity contribution >= 4 is 33.1 Å². The molecule has 2 N–H and O–H groups in total. The molecule has 1 fully saturated rings. The van der Waals surface area contributed by atoms with Gasteiger partial charge in [0.15, 0.2) is 0 Å². The summed E-state index contributed by atoms with van der Waals surface area (Å²) >= 11 is 0. The molecule has 0 bridgehead atoms. The van der Waals surface area contributed by atoms with Crippen LogP contribution in [0.3, 0.4) is 0 Å². The molecule has 1 aliphatic rings. The summed E-state index contributed by atoms with van der Waals surface area (Å²) in [5.74, 6) is 0.843. The monoisotopic (exact) mass is 377 g/mol. The van der Waals surface area contributed by atoms with Gasteiger partial charge in [0.1, 0.15) is 17.0 Å². The fourth-order valence-corrected chi connectivity index (χ4v) is 3.48. The summed E-state index contributed by atoms with van der Waals surface area (Å²) in [6.07, 6.45) is 14.2. The summed E-state index contributed by atoms with van der Waals surface area (Å²) < 4.78 is 15.9. The smallest absolute Gasteiger partial charge is 0.139 e. The molecule has 3 heterocycles. The number of pyridine rings is 1. The molecule has 0 aromatic carbocycles. The van der Waals surface area contributed by atoms with Crippen LogP contribution in [0.2, 0.25) is 0 Å². The van der Waals surface area contributed by atoms with Crippen LogP contribution >= 0.6 is 0 Å². The number of aryl methyl sites for hydroxylation is 1. The van der Waals surface area contributed by atoms with E-state index in [1.165, 1.54) is 38.5 Å². The summed E-state index contributed by atoms with van der Waals surface area (Å²) in [6, 6.07) is 1.99. The first-order valence-corrected chi connectivity index (χ1v) is 11.1. The van der Waals surface area contributed by atoms with Gasteiger partial charge < -0.3 is 9.55 Å². The molecule has 1 aliphatic carbocycles. The molecule has 144 valence electrons. The second-order valence-electron chi connectivity index (χ2n) is 6.22. The lowest BCUT2D eigenvalue weighted by Gasteiger charge is -2.05. The second kappa shape index (κ2) is 10.4. The van der Waals surface area contributed by atoms with Gasteiger partial charge in [0.05, 0.1) is 29.2 Å². The Kier molecular flexibility index (Phi) is 8.25. The number of aromatic amines is 1. The molecule has 0 radical (unpaired) electrons. The average Bonchev–Trinajstić information content (AvgIpc) is 3.28. The van der Waals surface area contributed by atoms with Crippen molar-refractivity contribution < 1.29 is 4.21 Å². The summed E-state index contributed by atoms with van der Waals surface area (Å²) in [5, 5.41) is 1.05. The van der Waals surface area contributed by atoms with Gasteiger partial charge in [0.2, 0.25) is 0 Å². The minimum atomic E-state index is -1.04. The molecule has 6 nitrogen and oxygen atoms in total. The molecule has 7 heteroatoms. The van der Waals surface area contributed by atoms with Crippen molar-refractivity contribution in [3.8, 4) is 0 Å². The Morgan fingerprint density at radius 3 is 2.38 bits per heavy atom. The van der Waals surface area contributed by atoms with E-state index in [0.717, 1.165) is 27.9 Å². The van der Waals surface area contributed by atoms with Crippen LogP contribution in [0.25, 0.3) is 22.1 Å². The van der Waals surface area contributed by atoms with Gasteiger partial charge in [-0.1, -0.05) is 52.4 Å². The molecule has 26 heavy (non-hydrogen) atoms. The Balaban J connectivity index is 0.000000256. The van der Waals surface area contributed by atoms with Crippen molar-refractivity contribution in [2.24, 2.45) is 7.05 Å². The summed E-state index contributed by atoms with van der Waals surface area (Å²) in [7, 11) is 0.915. The number of nitrogens with one attached hydrogen (secondary N) is 2. The minimum absolute atomic E-state index is 0.472. The van der Waals surface area contributed by atoms with Gasteiger partial charge in [0, 0.05) is 24.9 Å². The zero-order valence-corrected chi connectivity index (χ0v) is 17.2. The molecule has 1 unspecified atom stereocenters. The quantitative estimate of drug-likeness (QED) is 0.718. The zero-order valence-electron chi connectivity index (χ0n) is 16.3. The number of aromatic nitrogens is 4. The third-order valence-corrected chi connectivity index (χ3v) is 5.00. The standard InChI is InChI=1S/C11H13N5OS.C6H12.C2H6/c1-16-9(6-14-18(2)17)15-8-5-13-11-7(10(8)16)3-4-12-11;1-2-4-6-5-3-1;1-2/h3-5,14H,6H2,1-2H3,(H,12,13);1-6H2;1-2H3. The molecule has 1 atom stereocenters. The van der Waals surface area contributed by atoms with E-state index in [-0.39, 0.29) is 0 Å². The lowest BCUT2D eigenvalue weighted by Crippen LogP contribution is -2.17. The van der Waals surface area contributed by atoms with E-state index in [0.29, 0.717) is 6.54 Å². The Morgan fingerprint density at radius 2 is 1.81 bits per heavy atom. The number of imidazole rings is 1. The largest absolute Gasteiger partial charge is 0.346 e. The second-order valence-corrected chi connectivity index (χ2v) is 7.41. The van der Waals surface area contributed by atoms with E-state index in [4.69, 9.17) is 0 Å². The maximum absolute atomic E-state index is 11.1. The maximum atomic E-state index is 11.1. The van der Waals surface area contributed by atoms with Crippen molar-refractivity contribution in [2.75, 3.05) is 6.26 Å². The molecule has 0 saturated heterocycles. The van der Waals surface area contributed by atoms with Crippen LogP contribution in [-0.4, -0.2) is 30.0 Å². The predicted molar refractivity (Wildman–Crippen MR) is 110 cm³/mol. The molecular weight excluding hydrogens is 346 g/mol. The number of hydrogen-bond donors (Lipinski definition) is 2. The first-order valence-electron chi connectivity index (χ1n) is 9.51. The van der Waals surface area contributed by atoms with E-state index >= 15 is 0 Å². The fraction of sp³-hybridized carbons (Fsp3) is 0.579. The van der Waals surface area contributed by atoms with Crippen LogP contribution in [-0.2, 0) is 24.6 Å². The normalized spacial score (nSPS) is 15.1. The molecule has 3 aromatic rings. The lowest BCUT2D eigenvalue weighted by atomic mass is 10.0. The number of fused-ring (bicyclic) bond motifs is 3. The third kappa shape index (κ3) is 5.14. The highest BCUT2D eigenvalue weighted by Gasteiger charge is 2.12. The van der Waals surface area contributed by atoms with E-state index in [2.05, 4.69) is 19.7 Å². The van der Waals surface area contributed by atoms with Crippen molar-refractivity contribution in [3.05, 3.63) is 24.3 Å². The molecule has 0 amide bonds. The van der Waals surface area contributed by atoms with E-state index in [9.17, 15) is 4.21 Å². The Labute approximate surface area is 158 Å². The highest BCUT2D eigenvalue weighted by Crippen LogP contribution is 2.23. The van der Waals surface area contributed by atoms with Crippen LogP contribution in [0.1, 0.15) is 58.2 Å². The first-order chi connectivity index (χ1) is 12.7. The van der Waals surface area contributed by atoms with Crippen molar-refractivity contribution in [2.45, 2.75) is 58.9 Å². The molecule has 1 saturated carbocycles. The molecule has 0 aliphatic heterocycles. The van der Waals surface area contributed by atoms with Gasteiger partial charge in [-0.15, -0.1) is 0 Å². The number of H-pyrrole nitrogens is 1. The first kappa shape index (κ1) is 20.6. The van der Waals surface area contributed by atoms with Crippen molar-refractivity contribution in [1.82, 2.24) is 24.2 Å². The minimum Gasteiger partial charge on any atom is -0.346 e. The molecular formula is C19H31N5OS. The van der Waals surface area contributed by atoms with Crippen LogP contribution < -0.4 is 4.72 Å².